The zero-order valence-corrected chi connectivity index (χ0v) is 17.7. The van der Waals surface area contributed by atoms with Gasteiger partial charge in [0.2, 0.25) is 20.0 Å². The van der Waals surface area contributed by atoms with Crippen LogP contribution in [0.25, 0.3) is 0 Å². The molecule has 30 heavy (non-hydrogen) atoms. The number of ether oxygens (including phenoxy) is 1. The minimum Gasteiger partial charge on any atom is -0.484 e. The molecule has 0 bridgehead atoms. The molecule has 1 fully saturated rings. The molecule has 0 atom stereocenters. The van der Waals surface area contributed by atoms with E-state index in [1.165, 1.54) is 48.5 Å². The van der Waals surface area contributed by atoms with E-state index in [0.717, 1.165) is 25.7 Å². The SMILES string of the molecule is NS(=O)(=O)c1ccc(NC(=O)COc2ccc(S(=O)(=O)NC3CCCC3)cc2)cc1. The molecule has 2 aromatic carbocycles. The number of nitrogens with one attached hydrogen (secondary N) is 2. The Morgan fingerprint density at radius 1 is 0.933 bits per heavy atom. The second kappa shape index (κ2) is 9.13. The molecule has 1 aliphatic rings. The fourth-order valence-electron chi connectivity index (χ4n) is 3.12. The molecule has 0 aromatic heterocycles. The lowest BCUT2D eigenvalue weighted by molar-refractivity contribution is -0.118. The number of carbonyl (C=O) groups excluding carboxylic acids is 1. The number of nitrogens with two attached hydrogens (primary N) is 1. The topological polar surface area (TPSA) is 145 Å². The summed E-state index contributed by atoms with van der Waals surface area (Å²) in [5.74, 6) is -0.118. The lowest BCUT2D eigenvalue weighted by Gasteiger charge is -2.13. The van der Waals surface area contributed by atoms with Crippen LogP contribution in [-0.4, -0.2) is 35.4 Å². The van der Waals surface area contributed by atoms with Gasteiger partial charge in [-0.2, -0.15) is 0 Å². The van der Waals surface area contributed by atoms with Crippen molar-refractivity contribution in [2.24, 2.45) is 5.14 Å². The number of primary sulfonamides is 1. The van der Waals surface area contributed by atoms with Crippen LogP contribution in [0.3, 0.4) is 0 Å². The highest BCUT2D eigenvalue weighted by atomic mass is 32.2. The molecular formula is C19H23N3O6S2. The first-order chi connectivity index (χ1) is 14.1. The van der Waals surface area contributed by atoms with Crippen molar-refractivity contribution >= 4 is 31.6 Å². The third-order valence-electron chi connectivity index (χ3n) is 4.65. The molecule has 11 heteroatoms. The zero-order valence-electron chi connectivity index (χ0n) is 16.1. The minimum atomic E-state index is -3.80. The van der Waals surface area contributed by atoms with Crippen molar-refractivity contribution in [3.05, 3.63) is 48.5 Å². The maximum absolute atomic E-state index is 12.4. The van der Waals surface area contributed by atoms with E-state index in [1.807, 2.05) is 0 Å². The van der Waals surface area contributed by atoms with Crippen molar-refractivity contribution < 1.29 is 26.4 Å². The number of anilines is 1. The standard InChI is InChI=1S/C19H23N3O6S2/c20-29(24,25)17-9-5-14(6-10-17)21-19(23)13-28-16-7-11-18(12-8-16)30(26,27)22-15-3-1-2-4-15/h5-12,15,22H,1-4,13H2,(H,21,23)(H2,20,24,25). The Balaban J connectivity index is 1.52. The third-order valence-corrected chi connectivity index (χ3v) is 7.11. The van der Waals surface area contributed by atoms with Gasteiger partial charge in [0, 0.05) is 11.7 Å². The van der Waals surface area contributed by atoms with Crippen molar-refractivity contribution in [2.75, 3.05) is 11.9 Å². The van der Waals surface area contributed by atoms with Gasteiger partial charge in [-0.3, -0.25) is 4.79 Å². The summed E-state index contributed by atoms with van der Waals surface area (Å²) >= 11 is 0. The number of sulfonamides is 2. The third kappa shape index (κ3) is 6.02. The molecular weight excluding hydrogens is 430 g/mol. The molecule has 0 unspecified atom stereocenters. The van der Waals surface area contributed by atoms with Crippen LogP contribution in [0.1, 0.15) is 25.7 Å². The van der Waals surface area contributed by atoms with Crippen LogP contribution in [0.4, 0.5) is 5.69 Å². The van der Waals surface area contributed by atoms with Gasteiger partial charge < -0.3 is 10.1 Å². The first-order valence-electron chi connectivity index (χ1n) is 9.31. The second-order valence-corrected chi connectivity index (χ2v) is 10.3. The van der Waals surface area contributed by atoms with Crippen LogP contribution >= 0.6 is 0 Å². The molecule has 0 saturated heterocycles. The highest BCUT2D eigenvalue weighted by Gasteiger charge is 2.22. The largest absolute Gasteiger partial charge is 0.484 e. The van der Waals surface area contributed by atoms with Crippen LogP contribution in [0.2, 0.25) is 0 Å². The molecule has 1 amide bonds. The summed E-state index contributed by atoms with van der Waals surface area (Å²) in [6.07, 6.45) is 3.75. The highest BCUT2D eigenvalue weighted by molar-refractivity contribution is 7.89. The summed E-state index contributed by atoms with van der Waals surface area (Å²) < 4.78 is 55.3. The smallest absolute Gasteiger partial charge is 0.262 e. The lowest BCUT2D eigenvalue weighted by atomic mass is 10.3. The van der Waals surface area contributed by atoms with Gasteiger partial charge >= 0.3 is 0 Å². The molecule has 162 valence electrons. The van der Waals surface area contributed by atoms with E-state index >= 15 is 0 Å². The second-order valence-electron chi connectivity index (χ2n) is 6.98. The van der Waals surface area contributed by atoms with E-state index in [9.17, 15) is 21.6 Å². The maximum Gasteiger partial charge on any atom is 0.262 e. The van der Waals surface area contributed by atoms with Gasteiger partial charge in [0.05, 0.1) is 9.79 Å². The van der Waals surface area contributed by atoms with Gasteiger partial charge in [-0.25, -0.2) is 26.7 Å². The maximum atomic E-state index is 12.4. The predicted octanol–water partition coefficient (Wildman–Crippen LogP) is 1.57. The van der Waals surface area contributed by atoms with Crippen LogP contribution < -0.4 is 19.9 Å². The van der Waals surface area contributed by atoms with Gasteiger partial charge in [0.25, 0.3) is 5.91 Å². The van der Waals surface area contributed by atoms with Crippen LogP contribution in [-0.2, 0) is 24.8 Å². The summed E-state index contributed by atoms with van der Waals surface area (Å²) in [5, 5.41) is 7.58. The normalized spacial score (nSPS) is 15.1. The number of hydrogen-bond acceptors (Lipinski definition) is 6. The molecule has 0 spiro atoms. The molecule has 3 rings (SSSR count). The molecule has 1 aliphatic carbocycles. The van der Waals surface area contributed by atoms with E-state index in [-0.39, 0.29) is 22.4 Å². The zero-order chi connectivity index (χ0) is 21.8. The summed E-state index contributed by atoms with van der Waals surface area (Å²) in [4.78, 5) is 12.1. The number of amides is 1. The average Bonchev–Trinajstić information content (AvgIpc) is 3.19. The Labute approximate surface area is 175 Å². The van der Waals surface area contributed by atoms with Crippen LogP contribution in [0.15, 0.2) is 58.3 Å². The molecule has 0 aliphatic heterocycles. The Morgan fingerprint density at radius 2 is 1.50 bits per heavy atom. The lowest BCUT2D eigenvalue weighted by Crippen LogP contribution is -2.32. The van der Waals surface area contributed by atoms with Crippen molar-refractivity contribution in [1.82, 2.24) is 4.72 Å². The van der Waals surface area contributed by atoms with E-state index in [0.29, 0.717) is 11.4 Å². The van der Waals surface area contributed by atoms with Gasteiger partial charge in [-0.15, -0.1) is 0 Å². The number of hydrogen-bond donors (Lipinski definition) is 3. The molecule has 9 nitrogen and oxygen atoms in total. The number of benzene rings is 2. The fraction of sp³-hybridized carbons (Fsp3) is 0.316. The Bertz CT molecular complexity index is 1090. The van der Waals surface area contributed by atoms with E-state index in [1.54, 1.807) is 0 Å². The molecule has 4 N–H and O–H groups in total. The van der Waals surface area contributed by atoms with Gasteiger partial charge in [0.15, 0.2) is 6.61 Å². The quantitative estimate of drug-likeness (QED) is 0.553. The Kier molecular flexibility index (Phi) is 6.76. The Morgan fingerprint density at radius 3 is 2.07 bits per heavy atom. The van der Waals surface area contributed by atoms with Crippen molar-refractivity contribution in [3.8, 4) is 5.75 Å². The van der Waals surface area contributed by atoms with Crippen molar-refractivity contribution in [3.63, 3.8) is 0 Å². The van der Waals surface area contributed by atoms with E-state index < -0.39 is 26.0 Å². The first kappa shape index (κ1) is 22.2. The Hall–Kier alpha value is -2.47. The van der Waals surface area contributed by atoms with Crippen molar-refractivity contribution in [1.29, 1.82) is 0 Å². The summed E-state index contributed by atoms with van der Waals surface area (Å²) in [6.45, 7) is -0.302. The number of rotatable bonds is 8. The van der Waals surface area contributed by atoms with Crippen molar-refractivity contribution in [2.45, 2.75) is 41.5 Å². The van der Waals surface area contributed by atoms with Gasteiger partial charge in [-0.1, -0.05) is 12.8 Å². The van der Waals surface area contributed by atoms with Crippen LogP contribution in [0.5, 0.6) is 5.75 Å². The van der Waals surface area contributed by atoms with E-state index in [2.05, 4.69) is 10.0 Å². The van der Waals surface area contributed by atoms with Gasteiger partial charge in [0.1, 0.15) is 5.75 Å². The first-order valence-corrected chi connectivity index (χ1v) is 12.3. The minimum absolute atomic E-state index is 0.0198. The molecule has 0 radical (unpaired) electrons. The summed E-state index contributed by atoms with van der Waals surface area (Å²) in [5.41, 5.74) is 0.385. The molecule has 2 aromatic rings. The summed E-state index contributed by atoms with van der Waals surface area (Å²) in [6, 6.07) is 11.2. The summed E-state index contributed by atoms with van der Waals surface area (Å²) in [7, 11) is -7.38. The fourth-order valence-corrected chi connectivity index (χ4v) is 4.94. The van der Waals surface area contributed by atoms with Crippen LogP contribution in [0, 0.1) is 0 Å². The van der Waals surface area contributed by atoms with E-state index in [4.69, 9.17) is 9.88 Å². The predicted molar refractivity (Wildman–Crippen MR) is 111 cm³/mol. The molecule has 1 saturated carbocycles. The molecule has 0 heterocycles. The average molecular weight is 454 g/mol. The monoisotopic (exact) mass is 453 g/mol. The van der Waals surface area contributed by atoms with Gasteiger partial charge in [-0.05, 0) is 61.4 Å². The highest BCUT2D eigenvalue weighted by Crippen LogP contribution is 2.21. The number of carbonyl (C=O) groups is 1.